The van der Waals surface area contributed by atoms with E-state index in [9.17, 15) is 9.90 Å². The molecule has 0 heterocycles. The Morgan fingerprint density at radius 1 is 1.59 bits per heavy atom. The number of anilines is 1. The molecule has 4 N–H and O–H groups in total. The standard InChI is InChI=1S/C12H15BrN2O2/c13-8-2-1-3-10(12(8)17)15-11(16)6-9(14)7-4-5-7/h1-3,7,9,17H,4-6,14H2,(H,15,16). The number of carbonyl (C=O) groups excluding carboxylic acids is 1. The molecule has 0 saturated heterocycles. The molecular formula is C12H15BrN2O2. The zero-order valence-corrected chi connectivity index (χ0v) is 10.9. The highest BCUT2D eigenvalue weighted by Crippen LogP contribution is 2.34. The quantitative estimate of drug-likeness (QED) is 0.746. The summed E-state index contributed by atoms with van der Waals surface area (Å²) in [7, 11) is 0. The lowest BCUT2D eigenvalue weighted by atomic mass is 10.1. The maximum atomic E-state index is 11.7. The second-order valence-corrected chi connectivity index (χ2v) is 5.24. The molecule has 5 heteroatoms. The monoisotopic (exact) mass is 298 g/mol. The highest BCUT2D eigenvalue weighted by atomic mass is 79.9. The fourth-order valence-corrected chi connectivity index (χ4v) is 2.09. The van der Waals surface area contributed by atoms with Crippen LogP contribution in [0.25, 0.3) is 0 Å². The number of phenolic OH excluding ortho intramolecular Hbond substituents is 1. The van der Waals surface area contributed by atoms with Gasteiger partial charge in [0.1, 0.15) is 0 Å². The van der Waals surface area contributed by atoms with Crippen LogP contribution in [0.15, 0.2) is 22.7 Å². The first kappa shape index (κ1) is 12.4. The smallest absolute Gasteiger partial charge is 0.226 e. The first-order valence-corrected chi connectivity index (χ1v) is 6.40. The number of aromatic hydroxyl groups is 1. The number of phenols is 1. The van der Waals surface area contributed by atoms with Crippen molar-refractivity contribution in [3.8, 4) is 5.75 Å². The molecule has 1 unspecified atom stereocenters. The fourth-order valence-electron chi connectivity index (χ4n) is 1.72. The molecule has 1 atom stereocenters. The molecule has 1 aliphatic carbocycles. The summed E-state index contributed by atoms with van der Waals surface area (Å²) in [6.45, 7) is 0. The van der Waals surface area contributed by atoms with E-state index in [1.165, 1.54) is 0 Å². The molecule has 1 aliphatic rings. The molecule has 0 spiro atoms. The second kappa shape index (κ2) is 5.06. The van der Waals surface area contributed by atoms with Gasteiger partial charge in [-0.1, -0.05) is 6.07 Å². The molecule has 1 aromatic carbocycles. The Morgan fingerprint density at radius 2 is 2.29 bits per heavy atom. The first-order valence-electron chi connectivity index (χ1n) is 5.61. The Hall–Kier alpha value is -1.07. The van der Waals surface area contributed by atoms with Gasteiger partial charge in [-0.2, -0.15) is 0 Å². The van der Waals surface area contributed by atoms with Crippen LogP contribution in [0.3, 0.4) is 0 Å². The lowest BCUT2D eigenvalue weighted by molar-refractivity contribution is -0.116. The van der Waals surface area contributed by atoms with Gasteiger partial charge in [-0.25, -0.2) is 0 Å². The first-order chi connectivity index (χ1) is 8.08. The Bertz CT molecular complexity index is 433. The Morgan fingerprint density at radius 3 is 2.94 bits per heavy atom. The maximum Gasteiger partial charge on any atom is 0.226 e. The van der Waals surface area contributed by atoms with Gasteiger partial charge in [0.25, 0.3) is 0 Å². The van der Waals surface area contributed by atoms with E-state index in [-0.39, 0.29) is 17.7 Å². The SMILES string of the molecule is NC(CC(=O)Nc1cccc(Br)c1O)C1CC1. The van der Waals surface area contributed by atoms with E-state index in [0.717, 1.165) is 12.8 Å². The van der Waals surface area contributed by atoms with Gasteiger partial charge < -0.3 is 16.2 Å². The summed E-state index contributed by atoms with van der Waals surface area (Å²) in [5, 5.41) is 12.4. The van der Waals surface area contributed by atoms with Crippen molar-refractivity contribution in [1.29, 1.82) is 0 Å². The van der Waals surface area contributed by atoms with Crippen LogP contribution in [0, 0.1) is 5.92 Å². The molecule has 4 nitrogen and oxygen atoms in total. The number of benzene rings is 1. The van der Waals surface area contributed by atoms with E-state index in [1.54, 1.807) is 18.2 Å². The van der Waals surface area contributed by atoms with E-state index in [0.29, 0.717) is 22.5 Å². The van der Waals surface area contributed by atoms with Crippen LogP contribution in [0.4, 0.5) is 5.69 Å². The van der Waals surface area contributed by atoms with E-state index >= 15 is 0 Å². The summed E-state index contributed by atoms with van der Waals surface area (Å²) in [4.78, 5) is 11.7. The van der Waals surface area contributed by atoms with E-state index < -0.39 is 0 Å². The van der Waals surface area contributed by atoms with Gasteiger partial charge in [0.2, 0.25) is 5.91 Å². The predicted octanol–water partition coefficient (Wildman–Crippen LogP) is 2.22. The molecular weight excluding hydrogens is 284 g/mol. The summed E-state index contributed by atoms with van der Waals surface area (Å²) >= 11 is 3.19. The van der Waals surface area contributed by atoms with Crippen LogP contribution >= 0.6 is 15.9 Å². The van der Waals surface area contributed by atoms with Gasteiger partial charge in [0, 0.05) is 12.5 Å². The summed E-state index contributed by atoms with van der Waals surface area (Å²) < 4.78 is 0.557. The number of nitrogens with one attached hydrogen (secondary N) is 1. The van der Waals surface area contributed by atoms with Crippen molar-refractivity contribution < 1.29 is 9.90 Å². The number of rotatable bonds is 4. The van der Waals surface area contributed by atoms with E-state index in [4.69, 9.17) is 5.73 Å². The van der Waals surface area contributed by atoms with Crippen LogP contribution in [0.5, 0.6) is 5.75 Å². The normalized spacial score (nSPS) is 16.6. The van der Waals surface area contributed by atoms with Crippen molar-refractivity contribution in [2.45, 2.75) is 25.3 Å². The molecule has 0 radical (unpaired) electrons. The maximum absolute atomic E-state index is 11.7. The molecule has 1 aromatic rings. The number of para-hydroxylation sites is 1. The molecule has 2 rings (SSSR count). The number of hydrogen-bond acceptors (Lipinski definition) is 3. The molecule has 1 fully saturated rings. The average molecular weight is 299 g/mol. The molecule has 0 aromatic heterocycles. The summed E-state index contributed by atoms with van der Waals surface area (Å²) in [5.74, 6) is 0.385. The van der Waals surface area contributed by atoms with Crippen LogP contribution < -0.4 is 11.1 Å². The molecule has 1 saturated carbocycles. The van der Waals surface area contributed by atoms with Crippen molar-refractivity contribution in [1.82, 2.24) is 0 Å². The number of hydrogen-bond donors (Lipinski definition) is 3. The minimum absolute atomic E-state index is 0.0424. The highest BCUT2D eigenvalue weighted by Gasteiger charge is 2.29. The lowest BCUT2D eigenvalue weighted by Gasteiger charge is -2.11. The fraction of sp³-hybridized carbons (Fsp3) is 0.417. The van der Waals surface area contributed by atoms with Crippen LogP contribution in [-0.2, 0) is 4.79 Å². The van der Waals surface area contributed by atoms with Crippen molar-refractivity contribution in [2.75, 3.05) is 5.32 Å². The van der Waals surface area contributed by atoms with Crippen molar-refractivity contribution in [2.24, 2.45) is 11.7 Å². The van der Waals surface area contributed by atoms with Gasteiger partial charge in [-0.05, 0) is 46.8 Å². The number of nitrogens with two attached hydrogens (primary N) is 1. The lowest BCUT2D eigenvalue weighted by Crippen LogP contribution is -2.28. The van der Waals surface area contributed by atoms with Gasteiger partial charge in [0.05, 0.1) is 10.2 Å². The van der Waals surface area contributed by atoms with Crippen molar-refractivity contribution in [3.63, 3.8) is 0 Å². The zero-order chi connectivity index (χ0) is 12.4. The molecule has 17 heavy (non-hydrogen) atoms. The van der Waals surface area contributed by atoms with Crippen molar-refractivity contribution >= 4 is 27.5 Å². The predicted molar refractivity (Wildman–Crippen MR) is 69.8 cm³/mol. The van der Waals surface area contributed by atoms with Crippen LogP contribution in [-0.4, -0.2) is 17.1 Å². The van der Waals surface area contributed by atoms with E-state index in [1.807, 2.05) is 0 Å². The largest absolute Gasteiger partial charge is 0.505 e. The Labute approximate surface area is 108 Å². The third-order valence-corrected chi connectivity index (χ3v) is 3.55. The van der Waals surface area contributed by atoms with Crippen LogP contribution in [0.2, 0.25) is 0 Å². The summed E-state index contributed by atoms with van der Waals surface area (Å²) in [6, 6.07) is 5.05. The zero-order valence-electron chi connectivity index (χ0n) is 9.32. The van der Waals surface area contributed by atoms with Gasteiger partial charge >= 0.3 is 0 Å². The van der Waals surface area contributed by atoms with Gasteiger partial charge in [-0.15, -0.1) is 0 Å². The van der Waals surface area contributed by atoms with E-state index in [2.05, 4.69) is 21.2 Å². The van der Waals surface area contributed by atoms with Gasteiger partial charge in [0.15, 0.2) is 5.75 Å². The third-order valence-electron chi connectivity index (χ3n) is 2.91. The average Bonchev–Trinajstić information content (AvgIpc) is 3.08. The summed E-state index contributed by atoms with van der Waals surface area (Å²) in [6.07, 6.45) is 2.55. The summed E-state index contributed by atoms with van der Waals surface area (Å²) in [5.41, 5.74) is 6.28. The number of halogens is 1. The van der Waals surface area contributed by atoms with Crippen LogP contribution in [0.1, 0.15) is 19.3 Å². The molecule has 92 valence electrons. The minimum atomic E-state index is -0.155. The molecule has 1 amide bonds. The highest BCUT2D eigenvalue weighted by molar-refractivity contribution is 9.10. The number of amides is 1. The Kier molecular flexibility index (Phi) is 3.69. The topological polar surface area (TPSA) is 75.4 Å². The second-order valence-electron chi connectivity index (χ2n) is 4.39. The molecule has 0 bridgehead atoms. The molecule has 0 aliphatic heterocycles. The Balaban J connectivity index is 1.95. The minimum Gasteiger partial charge on any atom is -0.505 e. The van der Waals surface area contributed by atoms with Crippen molar-refractivity contribution in [3.05, 3.63) is 22.7 Å². The third kappa shape index (κ3) is 3.20. The number of carbonyl (C=O) groups is 1. The van der Waals surface area contributed by atoms with Gasteiger partial charge in [-0.3, -0.25) is 4.79 Å².